The summed E-state index contributed by atoms with van der Waals surface area (Å²) in [5.41, 5.74) is 1.36. The highest BCUT2D eigenvalue weighted by Gasteiger charge is 2.36. The predicted molar refractivity (Wildman–Crippen MR) is 80.9 cm³/mol. The Morgan fingerprint density at radius 1 is 1.30 bits per heavy atom. The molecule has 0 amide bonds. The van der Waals surface area contributed by atoms with Crippen LogP contribution in [-0.2, 0) is 13.0 Å². The summed E-state index contributed by atoms with van der Waals surface area (Å²) < 4.78 is 2.02. The van der Waals surface area contributed by atoms with Crippen LogP contribution < -0.4 is 5.32 Å². The van der Waals surface area contributed by atoms with Gasteiger partial charge in [0, 0.05) is 57.5 Å². The summed E-state index contributed by atoms with van der Waals surface area (Å²) in [6, 6.07) is 1.19. The molecule has 5 heteroatoms. The number of likely N-dealkylation sites (N-methyl/N-ethyl adjacent to an activating group) is 1. The SMILES string of the molecule is CCNC(Cc1cnn(CC)c1)C1CN2CCN1CC2. The van der Waals surface area contributed by atoms with Crippen molar-refractivity contribution in [3.8, 4) is 0 Å². The van der Waals surface area contributed by atoms with Crippen LogP contribution in [0.25, 0.3) is 0 Å². The maximum Gasteiger partial charge on any atom is 0.0522 e. The van der Waals surface area contributed by atoms with Crippen LogP contribution in [0.3, 0.4) is 0 Å². The van der Waals surface area contributed by atoms with E-state index in [0.29, 0.717) is 12.1 Å². The molecular weight excluding hydrogens is 250 g/mol. The third kappa shape index (κ3) is 2.90. The fourth-order valence-corrected chi connectivity index (χ4v) is 3.58. The van der Waals surface area contributed by atoms with E-state index in [2.05, 4.69) is 40.3 Å². The Hall–Kier alpha value is -0.910. The van der Waals surface area contributed by atoms with Crippen LogP contribution in [-0.4, -0.2) is 70.9 Å². The van der Waals surface area contributed by atoms with Crippen molar-refractivity contribution in [3.05, 3.63) is 18.0 Å². The van der Waals surface area contributed by atoms with Gasteiger partial charge in [-0.15, -0.1) is 0 Å². The number of hydrogen-bond acceptors (Lipinski definition) is 4. The van der Waals surface area contributed by atoms with E-state index in [1.165, 1.54) is 38.3 Å². The number of piperazine rings is 3. The third-order valence-electron chi connectivity index (χ3n) is 4.72. The summed E-state index contributed by atoms with van der Waals surface area (Å²) in [5, 5.41) is 8.11. The number of hydrogen-bond donors (Lipinski definition) is 1. The lowest BCUT2D eigenvalue weighted by Crippen LogP contribution is -2.66. The lowest BCUT2D eigenvalue weighted by molar-refractivity contribution is -0.00289. The molecule has 0 spiro atoms. The summed E-state index contributed by atoms with van der Waals surface area (Å²) in [6.45, 7) is 12.5. The number of fused-ring (bicyclic) bond motifs is 3. The van der Waals surface area contributed by atoms with E-state index in [4.69, 9.17) is 0 Å². The molecule has 20 heavy (non-hydrogen) atoms. The van der Waals surface area contributed by atoms with E-state index in [9.17, 15) is 0 Å². The highest BCUT2D eigenvalue weighted by atomic mass is 15.4. The Morgan fingerprint density at radius 2 is 2.10 bits per heavy atom. The zero-order chi connectivity index (χ0) is 13.9. The zero-order valence-electron chi connectivity index (χ0n) is 12.8. The molecule has 3 fully saturated rings. The van der Waals surface area contributed by atoms with Crippen molar-refractivity contribution in [1.29, 1.82) is 0 Å². The van der Waals surface area contributed by atoms with Crippen LogP contribution in [0, 0.1) is 0 Å². The lowest BCUT2D eigenvalue weighted by atomic mass is 9.95. The fourth-order valence-electron chi connectivity index (χ4n) is 3.58. The Morgan fingerprint density at radius 3 is 2.65 bits per heavy atom. The van der Waals surface area contributed by atoms with Crippen LogP contribution in [0.4, 0.5) is 0 Å². The van der Waals surface area contributed by atoms with Gasteiger partial charge in [-0.05, 0) is 25.5 Å². The summed E-state index contributed by atoms with van der Waals surface area (Å²) in [5.74, 6) is 0. The van der Waals surface area contributed by atoms with Crippen LogP contribution in [0.15, 0.2) is 12.4 Å². The van der Waals surface area contributed by atoms with Crippen molar-refractivity contribution in [3.63, 3.8) is 0 Å². The molecule has 3 aliphatic heterocycles. The van der Waals surface area contributed by atoms with E-state index < -0.39 is 0 Å². The van der Waals surface area contributed by atoms with Gasteiger partial charge in [0.1, 0.15) is 0 Å². The maximum atomic E-state index is 4.41. The molecule has 2 atom stereocenters. The molecule has 0 aromatic carbocycles. The summed E-state index contributed by atoms with van der Waals surface area (Å²) in [6.07, 6.45) is 5.31. The molecule has 2 bridgehead atoms. The minimum absolute atomic E-state index is 0.539. The van der Waals surface area contributed by atoms with Crippen LogP contribution in [0.2, 0.25) is 0 Å². The molecule has 2 unspecified atom stereocenters. The number of aryl methyl sites for hydroxylation is 1. The largest absolute Gasteiger partial charge is 0.312 e. The molecule has 1 aromatic rings. The van der Waals surface area contributed by atoms with Gasteiger partial charge in [-0.25, -0.2) is 0 Å². The van der Waals surface area contributed by atoms with E-state index >= 15 is 0 Å². The number of aromatic nitrogens is 2. The molecule has 4 rings (SSSR count). The van der Waals surface area contributed by atoms with Gasteiger partial charge in [0.05, 0.1) is 6.20 Å². The Labute approximate surface area is 121 Å². The number of nitrogens with zero attached hydrogens (tertiary/aromatic N) is 4. The highest BCUT2D eigenvalue weighted by molar-refractivity contribution is 5.09. The van der Waals surface area contributed by atoms with Crippen molar-refractivity contribution in [2.24, 2.45) is 0 Å². The van der Waals surface area contributed by atoms with Gasteiger partial charge in [0.25, 0.3) is 0 Å². The monoisotopic (exact) mass is 277 g/mol. The van der Waals surface area contributed by atoms with Crippen LogP contribution >= 0.6 is 0 Å². The summed E-state index contributed by atoms with van der Waals surface area (Å²) >= 11 is 0. The molecule has 0 aliphatic carbocycles. The first kappa shape index (κ1) is 14.0. The minimum Gasteiger partial charge on any atom is -0.312 e. The van der Waals surface area contributed by atoms with E-state index in [0.717, 1.165) is 19.5 Å². The van der Waals surface area contributed by atoms with Gasteiger partial charge in [0.2, 0.25) is 0 Å². The Bertz CT molecular complexity index is 422. The average Bonchev–Trinajstić information content (AvgIpc) is 2.96. The minimum atomic E-state index is 0.539. The zero-order valence-corrected chi connectivity index (χ0v) is 12.8. The van der Waals surface area contributed by atoms with Gasteiger partial charge in [-0.1, -0.05) is 6.92 Å². The van der Waals surface area contributed by atoms with Crippen LogP contribution in [0.1, 0.15) is 19.4 Å². The van der Waals surface area contributed by atoms with Gasteiger partial charge in [-0.3, -0.25) is 14.5 Å². The average molecular weight is 277 g/mol. The van der Waals surface area contributed by atoms with Crippen molar-refractivity contribution in [2.75, 3.05) is 39.3 Å². The Balaban J connectivity index is 1.68. The first-order chi connectivity index (χ1) is 9.80. The van der Waals surface area contributed by atoms with E-state index in [1.807, 2.05) is 10.9 Å². The molecule has 5 nitrogen and oxygen atoms in total. The quantitative estimate of drug-likeness (QED) is 0.818. The van der Waals surface area contributed by atoms with Crippen LogP contribution in [0.5, 0.6) is 0 Å². The first-order valence-electron chi connectivity index (χ1n) is 8.01. The lowest BCUT2D eigenvalue weighted by Gasteiger charge is -2.50. The molecule has 3 saturated heterocycles. The Kier molecular flexibility index (Phi) is 4.38. The van der Waals surface area contributed by atoms with Gasteiger partial charge in [0.15, 0.2) is 0 Å². The molecule has 112 valence electrons. The van der Waals surface area contributed by atoms with Crippen molar-refractivity contribution in [2.45, 2.75) is 38.9 Å². The second kappa shape index (κ2) is 6.24. The molecule has 4 heterocycles. The van der Waals surface area contributed by atoms with Gasteiger partial charge in [-0.2, -0.15) is 5.10 Å². The molecular formula is C15H27N5. The van der Waals surface area contributed by atoms with Crippen molar-refractivity contribution in [1.82, 2.24) is 24.9 Å². The molecule has 1 aromatic heterocycles. The molecule has 3 aliphatic rings. The second-order valence-corrected chi connectivity index (χ2v) is 5.98. The highest BCUT2D eigenvalue weighted by Crippen LogP contribution is 2.20. The molecule has 0 saturated carbocycles. The smallest absolute Gasteiger partial charge is 0.0522 e. The van der Waals surface area contributed by atoms with Crippen molar-refractivity contribution < 1.29 is 0 Å². The predicted octanol–water partition coefficient (Wildman–Crippen LogP) is 0.423. The molecule has 0 radical (unpaired) electrons. The maximum absolute atomic E-state index is 4.41. The van der Waals surface area contributed by atoms with Gasteiger partial charge >= 0.3 is 0 Å². The standard InChI is InChI=1S/C15H27N5/c1-3-16-14(9-13-10-17-20(4-2)11-13)15-12-18-5-7-19(15)8-6-18/h10-11,14-16H,3-9,12H2,1-2H3. The normalized spacial score (nSPS) is 30.6. The first-order valence-corrected chi connectivity index (χ1v) is 8.01. The topological polar surface area (TPSA) is 36.3 Å². The molecule has 1 N–H and O–H groups in total. The van der Waals surface area contributed by atoms with Crippen molar-refractivity contribution >= 4 is 0 Å². The second-order valence-electron chi connectivity index (χ2n) is 5.98. The fraction of sp³-hybridized carbons (Fsp3) is 0.800. The summed E-state index contributed by atoms with van der Waals surface area (Å²) in [4.78, 5) is 5.29. The van der Waals surface area contributed by atoms with E-state index in [-0.39, 0.29) is 0 Å². The van der Waals surface area contributed by atoms with E-state index in [1.54, 1.807) is 0 Å². The summed E-state index contributed by atoms with van der Waals surface area (Å²) in [7, 11) is 0. The number of rotatable bonds is 6. The van der Waals surface area contributed by atoms with Gasteiger partial charge < -0.3 is 5.32 Å². The third-order valence-corrected chi connectivity index (χ3v) is 4.72. The number of nitrogens with one attached hydrogen (secondary N) is 1.